The van der Waals surface area contributed by atoms with Crippen LogP contribution in [0.1, 0.15) is 29.0 Å². The van der Waals surface area contributed by atoms with E-state index in [4.69, 9.17) is 27.9 Å². The fraction of sp³-hybridized carbons (Fsp3) is 0.300. The van der Waals surface area contributed by atoms with Gasteiger partial charge in [-0.3, -0.25) is 4.79 Å². The maximum Gasteiger partial charge on any atom is 0.258 e. The van der Waals surface area contributed by atoms with Crippen molar-refractivity contribution >= 4 is 40.1 Å². The number of ether oxygens (including phenoxy) is 1. The number of carbonyl (C=O) groups is 1. The van der Waals surface area contributed by atoms with Crippen LogP contribution < -0.4 is 4.74 Å². The number of fused-ring (bicyclic) bond motifs is 1. The molecule has 0 radical (unpaired) electrons. The molecule has 2 aromatic carbocycles. The molecule has 140 valence electrons. The summed E-state index contributed by atoms with van der Waals surface area (Å²) in [5.41, 5.74) is 2.15. The number of aromatic amines is 1. The summed E-state index contributed by atoms with van der Waals surface area (Å²) in [6.45, 7) is 1.07. The zero-order valence-electron chi connectivity index (χ0n) is 14.8. The Bertz CT molecular complexity index is 998. The van der Waals surface area contributed by atoms with Crippen LogP contribution in [0.5, 0.6) is 5.75 Å². The van der Waals surface area contributed by atoms with E-state index in [2.05, 4.69) is 9.97 Å². The molecule has 0 unspecified atom stereocenters. The van der Waals surface area contributed by atoms with Crippen molar-refractivity contribution in [3.8, 4) is 5.75 Å². The molecule has 0 saturated heterocycles. The number of aromatic nitrogens is 2. The standard InChI is InChI=1S/C20H19Cl2N3O2/c1-27-18-7-5-13(21)8-15(18)20(26)25(10-12-2-3-12)11-19-23-16-6-4-14(22)9-17(16)24-19/h4-9,12H,2-3,10-11H2,1H3,(H,23,24). The lowest BCUT2D eigenvalue weighted by Gasteiger charge is -2.23. The van der Waals surface area contributed by atoms with Crippen LogP contribution in [0.25, 0.3) is 11.0 Å². The third-order valence-electron chi connectivity index (χ3n) is 4.69. The lowest BCUT2D eigenvalue weighted by Crippen LogP contribution is -2.33. The summed E-state index contributed by atoms with van der Waals surface area (Å²) in [5, 5.41) is 1.15. The van der Waals surface area contributed by atoms with Gasteiger partial charge in [-0.1, -0.05) is 23.2 Å². The third kappa shape index (κ3) is 4.04. The van der Waals surface area contributed by atoms with Crippen molar-refractivity contribution in [3.05, 3.63) is 57.8 Å². The Morgan fingerprint density at radius 2 is 1.96 bits per heavy atom. The molecule has 1 aliphatic carbocycles. The molecule has 0 aliphatic heterocycles. The molecule has 1 saturated carbocycles. The lowest BCUT2D eigenvalue weighted by atomic mass is 10.1. The molecule has 1 amide bonds. The highest BCUT2D eigenvalue weighted by Gasteiger charge is 2.29. The van der Waals surface area contributed by atoms with Gasteiger partial charge in [-0.15, -0.1) is 0 Å². The first-order chi connectivity index (χ1) is 13.0. The zero-order valence-corrected chi connectivity index (χ0v) is 16.3. The summed E-state index contributed by atoms with van der Waals surface area (Å²) >= 11 is 12.2. The van der Waals surface area contributed by atoms with Crippen LogP contribution in [0, 0.1) is 5.92 Å². The predicted octanol–water partition coefficient (Wildman–Crippen LogP) is 4.93. The second-order valence-corrected chi connectivity index (χ2v) is 7.69. The number of nitrogens with one attached hydrogen (secondary N) is 1. The molecule has 5 nitrogen and oxygen atoms in total. The minimum Gasteiger partial charge on any atom is -0.496 e. The van der Waals surface area contributed by atoms with Gasteiger partial charge in [0.2, 0.25) is 0 Å². The number of rotatable bonds is 6. The number of hydrogen-bond donors (Lipinski definition) is 1. The van der Waals surface area contributed by atoms with Crippen LogP contribution in [0.4, 0.5) is 0 Å². The number of halogens is 2. The number of imidazole rings is 1. The van der Waals surface area contributed by atoms with E-state index in [1.54, 1.807) is 31.4 Å². The minimum atomic E-state index is -0.111. The topological polar surface area (TPSA) is 58.2 Å². The molecule has 0 bridgehead atoms. The van der Waals surface area contributed by atoms with Crippen molar-refractivity contribution in [2.24, 2.45) is 5.92 Å². The maximum absolute atomic E-state index is 13.2. The average Bonchev–Trinajstić information content (AvgIpc) is 3.38. The zero-order chi connectivity index (χ0) is 19.0. The van der Waals surface area contributed by atoms with Crippen LogP contribution in [0.3, 0.4) is 0 Å². The number of hydrogen-bond acceptors (Lipinski definition) is 3. The molecule has 4 rings (SSSR count). The van der Waals surface area contributed by atoms with Gasteiger partial charge in [-0.25, -0.2) is 4.98 Å². The van der Waals surface area contributed by atoms with Crippen LogP contribution in [0.15, 0.2) is 36.4 Å². The van der Waals surface area contributed by atoms with Gasteiger partial charge in [0.05, 0.1) is 30.3 Å². The summed E-state index contributed by atoms with van der Waals surface area (Å²) in [7, 11) is 1.55. The first-order valence-corrected chi connectivity index (χ1v) is 9.56. The highest BCUT2D eigenvalue weighted by atomic mass is 35.5. The number of nitrogens with zero attached hydrogens (tertiary/aromatic N) is 2. The van der Waals surface area contributed by atoms with Crippen molar-refractivity contribution in [1.82, 2.24) is 14.9 Å². The van der Waals surface area contributed by atoms with Crippen molar-refractivity contribution < 1.29 is 9.53 Å². The van der Waals surface area contributed by atoms with E-state index in [-0.39, 0.29) is 5.91 Å². The van der Waals surface area contributed by atoms with E-state index in [0.717, 1.165) is 29.7 Å². The van der Waals surface area contributed by atoms with Gasteiger partial charge < -0.3 is 14.6 Å². The summed E-state index contributed by atoms with van der Waals surface area (Å²) in [4.78, 5) is 22.9. The third-order valence-corrected chi connectivity index (χ3v) is 5.16. The molecule has 1 aromatic heterocycles. The fourth-order valence-corrected chi connectivity index (χ4v) is 3.48. The molecular weight excluding hydrogens is 385 g/mol. The van der Waals surface area contributed by atoms with Crippen LogP contribution in [-0.4, -0.2) is 34.4 Å². The normalized spacial score (nSPS) is 13.7. The van der Waals surface area contributed by atoms with E-state index in [1.807, 2.05) is 17.0 Å². The van der Waals surface area contributed by atoms with Crippen molar-refractivity contribution in [2.75, 3.05) is 13.7 Å². The number of methoxy groups -OCH3 is 1. The molecule has 1 aliphatic rings. The Balaban J connectivity index is 1.64. The van der Waals surface area contributed by atoms with Gasteiger partial charge in [-0.2, -0.15) is 0 Å². The largest absolute Gasteiger partial charge is 0.496 e. The average molecular weight is 404 g/mol. The summed E-state index contributed by atoms with van der Waals surface area (Å²) in [6.07, 6.45) is 2.29. The number of carbonyl (C=O) groups excluding carboxylic acids is 1. The second-order valence-electron chi connectivity index (χ2n) is 6.82. The number of amides is 1. The van der Waals surface area contributed by atoms with Gasteiger partial charge in [-0.05, 0) is 55.2 Å². The summed E-state index contributed by atoms with van der Waals surface area (Å²) in [6, 6.07) is 10.6. The fourth-order valence-electron chi connectivity index (χ4n) is 3.14. The maximum atomic E-state index is 13.2. The van der Waals surface area contributed by atoms with Crippen LogP contribution in [-0.2, 0) is 6.54 Å². The Kier molecular flexibility index (Phi) is 4.98. The Labute approximate surface area is 167 Å². The molecule has 1 heterocycles. The van der Waals surface area contributed by atoms with Gasteiger partial charge in [0.15, 0.2) is 0 Å². The Morgan fingerprint density at radius 3 is 2.70 bits per heavy atom. The Morgan fingerprint density at radius 1 is 1.22 bits per heavy atom. The van der Waals surface area contributed by atoms with Gasteiger partial charge >= 0.3 is 0 Å². The van der Waals surface area contributed by atoms with E-state index in [9.17, 15) is 4.79 Å². The second kappa shape index (κ2) is 7.41. The molecular formula is C20H19Cl2N3O2. The lowest BCUT2D eigenvalue weighted by molar-refractivity contribution is 0.0727. The molecule has 27 heavy (non-hydrogen) atoms. The molecule has 1 fully saturated rings. The van der Waals surface area contributed by atoms with Gasteiger partial charge in [0.25, 0.3) is 5.91 Å². The van der Waals surface area contributed by atoms with E-state index >= 15 is 0 Å². The van der Waals surface area contributed by atoms with Crippen molar-refractivity contribution in [2.45, 2.75) is 19.4 Å². The Hall–Kier alpha value is -2.24. The van der Waals surface area contributed by atoms with E-state index in [0.29, 0.717) is 40.4 Å². The van der Waals surface area contributed by atoms with Crippen molar-refractivity contribution in [1.29, 1.82) is 0 Å². The van der Waals surface area contributed by atoms with Crippen LogP contribution in [0.2, 0.25) is 10.0 Å². The predicted molar refractivity (Wildman–Crippen MR) is 107 cm³/mol. The first-order valence-electron chi connectivity index (χ1n) is 8.80. The molecule has 3 aromatic rings. The first kappa shape index (κ1) is 18.1. The van der Waals surface area contributed by atoms with Gasteiger partial charge in [0, 0.05) is 16.6 Å². The summed E-state index contributed by atoms with van der Waals surface area (Å²) < 4.78 is 5.36. The summed E-state index contributed by atoms with van der Waals surface area (Å²) in [5.74, 6) is 1.67. The minimum absolute atomic E-state index is 0.111. The quantitative estimate of drug-likeness (QED) is 0.634. The number of benzene rings is 2. The molecule has 1 N–H and O–H groups in total. The van der Waals surface area contributed by atoms with Crippen LogP contribution >= 0.6 is 23.2 Å². The van der Waals surface area contributed by atoms with E-state index < -0.39 is 0 Å². The highest BCUT2D eigenvalue weighted by molar-refractivity contribution is 6.31. The van der Waals surface area contributed by atoms with Crippen molar-refractivity contribution in [3.63, 3.8) is 0 Å². The van der Waals surface area contributed by atoms with E-state index in [1.165, 1.54) is 0 Å². The number of H-pyrrole nitrogens is 1. The smallest absolute Gasteiger partial charge is 0.258 e. The van der Waals surface area contributed by atoms with Gasteiger partial charge in [0.1, 0.15) is 11.6 Å². The molecule has 7 heteroatoms. The molecule has 0 atom stereocenters. The monoisotopic (exact) mass is 403 g/mol. The highest BCUT2D eigenvalue weighted by Crippen LogP contribution is 2.32. The SMILES string of the molecule is COc1ccc(Cl)cc1C(=O)N(Cc1nc2ccc(Cl)cc2[nH]1)CC1CC1. The molecule has 0 spiro atoms.